The second kappa shape index (κ2) is 7.76. The average molecular weight is 356 g/mol. The van der Waals surface area contributed by atoms with Crippen LogP contribution in [-0.2, 0) is 14.3 Å². The number of carbonyl (C=O) groups excluding carboxylic acids is 2. The maximum Gasteiger partial charge on any atom is 0.305 e. The fourth-order valence-corrected chi connectivity index (χ4v) is 3.32. The summed E-state index contributed by atoms with van der Waals surface area (Å²) in [5.74, 6) is -0.419. The lowest BCUT2D eigenvalue weighted by Crippen LogP contribution is -2.29. The number of amides is 1. The molecular formula is C15H14ClNO3S2. The van der Waals surface area contributed by atoms with Gasteiger partial charge in [-0.2, -0.15) is 0 Å². The number of thiocarbonyl (C=S) groups is 1. The van der Waals surface area contributed by atoms with Gasteiger partial charge in [0.15, 0.2) is 0 Å². The number of rotatable bonds is 5. The molecule has 0 atom stereocenters. The summed E-state index contributed by atoms with van der Waals surface area (Å²) < 4.78 is 5.09. The van der Waals surface area contributed by atoms with E-state index in [1.54, 1.807) is 18.2 Å². The maximum absolute atomic E-state index is 12.3. The molecule has 0 saturated carbocycles. The average Bonchev–Trinajstić information content (AvgIpc) is 2.76. The summed E-state index contributed by atoms with van der Waals surface area (Å²) in [7, 11) is 1.34. The molecule has 1 aromatic carbocycles. The first kappa shape index (κ1) is 17.0. The molecule has 0 bridgehead atoms. The largest absolute Gasteiger partial charge is 0.469 e. The molecule has 1 heterocycles. The molecule has 22 heavy (non-hydrogen) atoms. The lowest BCUT2D eigenvalue weighted by molar-refractivity contribution is -0.141. The van der Waals surface area contributed by atoms with Crippen LogP contribution >= 0.6 is 35.6 Å². The number of methoxy groups -OCH3 is 1. The Bertz CT molecular complexity index is 628. The highest BCUT2D eigenvalue weighted by Gasteiger charge is 2.31. The minimum absolute atomic E-state index is 0.130. The van der Waals surface area contributed by atoms with Crippen LogP contribution in [0, 0.1) is 0 Å². The van der Waals surface area contributed by atoms with Gasteiger partial charge < -0.3 is 4.74 Å². The quantitative estimate of drug-likeness (QED) is 0.459. The molecule has 0 aromatic heterocycles. The third-order valence-electron chi connectivity index (χ3n) is 3.03. The standard InChI is InChI=1S/C15H14ClNO3S2/c1-20-13(18)3-2-8-17-14(19)12(22-15(17)21)9-10-4-6-11(16)7-5-10/h4-7,9H,2-3,8H2,1H3/b12-9-. The maximum atomic E-state index is 12.3. The summed E-state index contributed by atoms with van der Waals surface area (Å²) in [6.45, 7) is 0.414. The predicted octanol–water partition coefficient (Wildman–Crippen LogP) is 3.49. The van der Waals surface area contributed by atoms with Crippen molar-refractivity contribution in [2.45, 2.75) is 12.8 Å². The van der Waals surface area contributed by atoms with Crippen LogP contribution in [0.4, 0.5) is 0 Å². The lowest BCUT2D eigenvalue weighted by atomic mass is 10.2. The Morgan fingerprint density at radius 3 is 2.73 bits per heavy atom. The second-order valence-electron chi connectivity index (χ2n) is 4.56. The number of thioether (sulfide) groups is 1. The summed E-state index contributed by atoms with van der Waals surface area (Å²) in [6.07, 6.45) is 2.58. The molecular weight excluding hydrogens is 342 g/mol. The Hall–Kier alpha value is -1.37. The molecule has 1 aliphatic heterocycles. The van der Waals surface area contributed by atoms with Gasteiger partial charge in [0, 0.05) is 18.0 Å². The van der Waals surface area contributed by atoms with Crippen LogP contribution in [0.25, 0.3) is 6.08 Å². The second-order valence-corrected chi connectivity index (χ2v) is 6.68. The Kier molecular flexibility index (Phi) is 5.99. The molecule has 4 nitrogen and oxygen atoms in total. The number of esters is 1. The first-order valence-electron chi connectivity index (χ1n) is 6.59. The van der Waals surface area contributed by atoms with Crippen LogP contribution < -0.4 is 0 Å². The molecule has 0 spiro atoms. The number of hydrogen-bond donors (Lipinski definition) is 0. The van der Waals surface area contributed by atoms with E-state index in [0.717, 1.165) is 5.56 Å². The molecule has 1 aromatic rings. The summed E-state index contributed by atoms with van der Waals surface area (Å²) in [5.41, 5.74) is 0.888. The molecule has 0 unspecified atom stereocenters. The first-order chi connectivity index (χ1) is 10.5. The number of benzene rings is 1. The smallest absolute Gasteiger partial charge is 0.305 e. The van der Waals surface area contributed by atoms with Gasteiger partial charge in [-0.25, -0.2) is 0 Å². The summed E-state index contributed by atoms with van der Waals surface area (Å²) in [4.78, 5) is 25.5. The monoisotopic (exact) mass is 355 g/mol. The van der Waals surface area contributed by atoms with Gasteiger partial charge in [0.1, 0.15) is 4.32 Å². The van der Waals surface area contributed by atoms with E-state index in [2.05, 4.69) is 4.74 Å². The van der Waals surface area contributed by atoms with E-state index in [1.165, 1.54) is 23.8 Å². The lowest BCUT2D eigenvalue weighted by Gasteiger charge is -2.13. The molecule has 0 aliphatic carbocycles. The molecule has 1 fully saturated rings. The van der Waals surface area contributed by atoms with E-state index < -0.39 is 0 Å². The van der Waals surface area contributed by atoms with Crippen molar-refractivity contribution in [3.63, 3.8) is 0 Å². The van der Waals surface area contributed by atoms with Gasteiger partial charge in [0.05, 0.1) is 12.0 Å². The third kappa shape index (κ3) is 4.32. The van der Waals surface area contributed by atoms with E-state index in [1.807, 2.05) is 12.1 Å². The topological polar surface area (TPSA) is 46.6 Å². The van der Waals surface area contributed by atoms with Crippen molar-refractivity contribution >= 4 is 57.9 Å². The predicted molar refractivity (Wildman–Crippen MR) is 92.6 cm³/mol. The van der Waals surface area contributed by atoms with Crippen LogP contribution in [0.1, 0.15) is 18.4 Å². The summed E-state index contributed by atoms with van der Waals surface area (Å²) in [6, 6.07) is 7.22. The van der Waals surface area contributed by atoms with Gasteiger partial charge >= 0.3 is 5.97 Å². The minimum atomic E-state index is -0.290. The fraction of sp³-hybridized carbons (Fsp3) is 0.267. The van der Waals surface area contributed by atoms with Crippen LogP contribution in [0.2, 0.25) is 5.02 Å². The van der Waals surface area contributed by atoms with E-state index in [-0.39, 0.29) is 18.3 Å². The van der Waals surface area contributed by atoms with Gasteiger partial charge in [-0.3, -0.25) is 14.5 Å². The van der Waals surface area contributed by atoms with Crippen LogP contribution in [0.15, 0.2) is 29.2 Å². The SMILES string of the molecule is COC(=O)CCCN1C(=O)/C(=C/c2ccc(Cl)cc2)SC1=S. The van der Waals surface area contributed by atoms with Crippen molar-refractivity contribution in [1.82, 2.24) is 4.90 Å². The van der Waals surface area contributed by atoms with Gasteiger partial charge in [0.25, 0.3) is 5.91 Å². The van der Waals surface area contributed by atoms with Crippen molar-refractivity contribution < 1.29 is 14.3 Å². The molecule has 116 valence electrons. The number of ether oxygens (including phenoxy) is 1. The zero-order valence-electron chi connectivity index (χ0n) is 11.9. The Balaban J connectivity index is 2.02. The first-order valence-corrected chi connectivity index (χ1v) is 8.19. The Labute approximate surface area is 143 Å². The normalized spacial score (nSPS) is 16.5. The van der Waals surface area contributed by atoms with Crippen LogP contribution in [0.3, 0.4) is 0 Å². The number of halogens is 1. The minimum Gasteiger partial charge on any atom is -0.469 e. The highest BCUT2D eigenvalue weighted by molar-refractivity contribution is 8.26. The Morgan fingerprint density at radius 2 is 2.09 bits per heavy atom. The molecule has 7 heteroatoms. The van der Waals surface area contributed by atoms with Crippen molar-refractivity contribution in [2.24, 2.45) is 0 Å². The fourth-order valence-electron chi connectivity index (χ4n) is 1.89. The molecule has 0 N–H and O–H groups in total. The third-order valence-corrected chi connectivity index (χ3v) is 4.66. The Morgan fingerprint density at radius 1 is 1.41 bits per heavy atom. The summed E-state index contributed by atoms with van der Waals surface area (Å²) >= 11 is 12.3. The zero-order valence-corrected chi connectivity index (χ0v) is 14.3. The van der Waals surface area contributed by atoms with Crippen molar-refractivity contribution in [3.8, 4) is 0 Å². The molecule has 2 rings (SSSR count). The number of hydrogen-bond acceptors (Lipinski definition) is 5. The van der Waals surface area contributed by atoms with Gasteiger partial charge in [0.2, 0.25) is 0 Å². The van der Waals surface area contributed by atoms with Crippen LogP contribution in [0.5, 0.6) is 0 Å². The van der Waals surface area contributed by atoms with Crippen molar-refractivity contribution in [2.75, 3.05) is 13.7 Å². The van der Waals surface area contributed by atoms with E-state index in [9.17, 15) is 9.59 Å². The highest BCUT2D eigenvalue weighted by Crippen LogP contribution is 2.32. The zero-order chi connectivity index (χ0) is 16.1. The molecule has 1 saturated heterocycles. The molecule has 1 aliphatic rings. The number of carbonyl (C=O) groups is 2. The van der Waals surface area contributed by atoms with E-state index in [4.69, 9.17) is 23.8 Å². The van der Waals surface area contributed by atoms with Crippen molar-refractivity contribution in [1.29, 1.82) is 0 Å². The number of nitrogens with zero attached hydrogens (tertiary/aromatic N) is 1. The highest BCUT2D eigenvalue weighted by atomic mass is 35.5. The van der Waals surface area contributed by atoms with E-state index in [0.29, 0.717) is 27.2 Å². The molecule has 0 radical (unpaired) electrons. The van der Waals surface area contributed by atoms with Crippen LogP contribution in [-0.4, -0.2) is 34.8 Å². The van der Waals surface area contributed by atoms with Gasteiger partial charge in [-0.05, 0) is 30.2 Å². The molecule has 1 amide bonds. The van der Waals surface area contributed by atoms with Crippen molar-refractivity contribution in [3.05, 3.63) is 39.8 Å². The van der Waals surface area contributed by atoms with Gasteiger partial charge in [-0.1, -0.05) is 47.7 Å². The van der Waals surface area contributed by atoms with E-state index >= 15 is 0 Å². The van der Waals surface area contributed by atoms with Gasteiger partial charge in [-0.15, -0.1) is 0 Å². The summed E-state index contributed by atoms with van der Waals surface area (Å²) in [5, 5.41) is 0.646.